The van der Waals surface area contributed by atoms with Crippen LogP contribution in [-0.4, -0.2) is 21.5 Å². The molecule has 3 nitrogen and oxygen atoms in total. The molecule has 0 aromatic heterocycles. The molecule has 0 unspecified atom stereocenters. The summed E-state index contributed by atoms with van der Waals surface area (Å²) in [5.74, 6) is 11.4. The quantitative estimate of drug-likeness (QED) is 0.510. The number of benzene rings is 3. The van der Waals surface area contributed by atoms with Gasteiger partial charge in [-0.25, -0.2) is 0 Å². The van der Waals surface area contributed by atoms with Crippen molar-refractivity contribution in [1.82, 2.24) is 0 Å². The van der Waals surface area contributed by atoms with Crippen LogP contribution in [-0.2, 0) is 0 Å². The molecule has 0 saturated carbocycles. The van der Waals surface area contributed by atoms with Crippen LogP contribution < -0.4 is 14.2 Å². The van der Waals surface area contributed by atoms with Gasteiger partial charge in [-0.1, -0.05) is 60.4 Å². The summed E-state index contributed by atoms with van der Waals surface area (Å²) in [6.45, 7) is -0.751. The molecule has 1 fully saturated rings. The normalized spacial score (nSPS) is 12.9. The van der Waals surface area contributed by atoms with Crippen molar-refractivity contribution in [3.63, 3.8) is 0 Å². The van der Waals surface area contributed by atoms with Crippen molar-refractivity contribution in [3.05, 3.63) is 91.0 Å². The molecule has 0 bridgehead atoms. The maximum Gasteiger partial charge on any atom is 0.444 e. The third-order valence-corrected chi connectivity index (χ3v) is 4.89. The van der Waals surface area contributed by atoms with Crippen LogP contribution in [0.1, 0.15) is 0 Å². The zero-order chi connectivity index (χ0) is 20.8. The van der Waals surface area contributed by atoms with E-state index in [9.17, 15) is 0 Å². The Kier molecular flexibility index (Phi) is 5.75. The molecule has 0 spiro atoms. The summed E-state index contributed by atoms with van der Waals surface area (Å²) in [7, 11) is 2.02. The molecule has 4 rings (SSSR count). The van der Waals surface area contributed by atoms with Crippen molar-refractivity contribution in [2.24, 2.45) is 0 Å². The first kappa shape index (κ1) is 19.3. The van der Waals surface area contributed by atoms with Gasteiger partial charge in [0.2, 0.25) is 0 Å². The van der Waals surface area contributed by atoms with Crippen LogP contribution in [0.4, 0.5) is 17.1 Å². The Labute approximate surface area is 180 Å². The van der Waals surface area contributed by atoms with Crippen LogP contribution in [0.5, 0.6) is 0 Å². The SMILES string of the molecule is C#CC#CB1N(c2ccccc2)[B]N(c2ccccc2)B(C#C)N1c1ccccc1. The molecule has 3 aromatic rings. The first-order valence-corrected chi connectivity index (χ1v) is 9.61. The van der Waals surface area contributed by atoms with E-state index in [1.807, 2.05) is 98.5 Å². The fourth-order valence-corrected chi connectivity index (χ4v) is 3.57. The third kappa shape index (κ3) is 3.75. The molecular weight excluding hydrogens is 363 g/mol. The Morgan fingerprint density at radius 1 is 0.633 bits per heavy atom. The molecule has 1 radical (unpaired) electrons. The van der Waals surface area contributed by atoms with Gasteiger partial charge < -0.3 is 14.2 Å². The predicted octanol–water partition coefficient (Wildman–Crippen LogP) is 3.38. The lowest BCUT2D eigenvalue weighted by atomic mass is 9.49. The molecule has 137 valence electrons. The summed E-state index contributed by atoms with van der Waals surface area (Å²) in [4.78, 5) is 0. The molecule has 0 aliphatic carbocycles. The minimum absolute atomic E-state index is 0.369. The molecule has 0 atom stereocenters. The first-order valence-electron chi connectivity index (χ1n) is 9.61. The van der Waals surface area contributed by atoms with E-state index in [1.165, 1.54) is 0 Å². The minimum Gasteiger partial charge on any atom is -0.416 e. The summed E-state index contributed by atoms with van der Waals surface area (Å²) >= 11 is 0. The van der Waals surface area contributed by atoms with E-state index in [0.29, 0.717) is 0 Å². The van der Waals surface area contributed by atoms with Gasteiger partial charge in [0.1, 0.15) is 0 Å². The fraction of sp³-hybridized carbons (Fsp3) is 0. The summed E-state index contributed by atoms with van der Waals surface area (Å²) in [6.07, 6.45) is 11.6. The fourth-order valence-electron chi connectivity index (χ4n) is 3.57. The smallest absolute Gasteiger partial charge is 0.416 e. The minimum atomic E-state index is -0.383. The molecule has 0 amide bonds. The maximum absolute atomic E-state index is 6.07. The molecule has 6 heteroatoms. The Hall–Kier alpha value is -4.07. The van der Waals surface area contributed by atoms with E-state index in [2.05, 4.69) is 37.6 Å². The average molecular weight is 380 g/mol. The van der Waals surface area contributed by atoms with E-state index in [-0.39, 0.29) is 14.0 Å². The van der Waals surface area contributed by atoms with Gasteiger partial charge in [0.05, 0.1) is 0 Å². The van der Waals surface area contributed by atoms with E-state index in [1.54, 1.807) is 0 Å². The van der Waals surface area contributed by atoms with E-state index in [4.69, 9.17) is 12.8 Å². The van der Waals surface area contributed by atoms with Crippen molar-refractivity contribution >= 4 is 38.6 Å². The highest BCUT2D eigenvalue weighted by molar-refractivity contribution is 7.05. The molecule has 0 N–H and O–H groups in total. The second-order valence-corrected chi connectivity index (χ2v) is 6.67. The highest BCUT2D eigenvalue weighted by atomic mass is 15.3. The van der Waals surface area contributed by atoms with Crippen LogP contribution in [0.25, 0.3) is 0 Å². The highest BCUT2D eigenvalue weighted by Gasteiger charge is 2.47. The average Bonchev–Trinajstić information content (AvgIpc) is 2.83. The number of anilines is 3. The van der Waals surface area contributed by atoms with E-state index >= 15 is 0 Å². The Balaban J connectivity index is 1.90. The largest absolute Gasteiger partial charge is 0.444 e. The van der Waals surface area contributed by atoms with Gasteiger partial charge in [-0.05, 0) is 48.2 Å². The lowest BCUT2D eigenvalue weighted by molar-refractivity contribution is 1.32. The molecule has 30 heavy (non-hydrogen) atoms. The number of nitrogens with zero attached hydrogens (tertiary/aromatic N) is 3. The van der Waals surface area contributed by atoms with Crippen molar-refractivity contribution in [2.75, 3.05) is 14.2 Å². The van der Waals surface area contributed by atoms with Gasteiger partial charge in [0.25, 0.3) is 0 Å². The number of rotatable bonds is 3. The number of hydrogen-bond donors (Lipinski definition) is 0. The Morgan fingerprint density at radius 3 is 1.57 bits per heavy atom. The molecule has 1 aliphatic heterocycles. The van der Waals surface area contributed by atoms with Crippen molar-refractivity contribution < 1.29 is 0 Å². The van der Waals surface area contributed by atoms with Gasteiger partial charge in [-0.3, -0.25) is 0 Å². The molecule has 3 aromatic carbocycles. The summed E-state index contributed by atoms with van der Waals surface area (Å²) < 4.78 is 6.29. The Morgan fingerprint density at radius 2 is 1.10 bits per heavy atom. The van der Waals surface area contributed by atoms with Gasteiger partial charge in [-0.2, -0.15) is 0 Å². The highest BCUT2D eigenvalue weighted by Crippen LogP contribution is 2.29. The number of hydrogen-bond acceptors (Lipinski definition) is 3. The second kappa shape index (κ2) is 8.96. The van der Waals surface area contributed by atoms with Crippen LogP contribution in [0.3, 0.4) is 0 Å². The first-order chi connectivity index (χ1) is 14.8. The van der Waals surface area contributed by atoms with E-state index < -0.39 is 0 Å². The lowest BCUT2D eigenvalue weighted by Gasteiger charge is -2.49. The van der Waals surface area contributed by atoms with Gasteiger partial charge in [0.15, 0.2) is 0 Å². The molecule has 1 aliphatic rings. The van der Waals surface area contributed by atoms with Gasteiger partial charge >= 0.3 is 21.5 Å². The summed E-state index contributed by atoms with van der Waals surface area (Å²) in [5, 5.41) is 0. The standard InChI is InChI=1S/C24H17B3N3/c1-3-5-21-27-29(23-17-11-7-12-18-23)25-28(22-15-9-6-10-16-22)26(4-2)30(27)24-19-13-8-14-20-24/h1-2,6-20H. The van der Waals surface area contributed by atoms with Gasteiger partial charge in [0, 0.05) is 17.1 Å². The monoisotopic (exact) mass is 380 g/mol. The molecule has 1 heterocycles. The maximum atomic E-state index is 6.07. The number of terminal acetylenes is 2. The Bertz CT molecular complexity index is 1130. The number of para-hydroxylation sites is 3. The van der Waals surface area contributed by atoms with Crippen LogP contribution >= 0.6 is 0 Å². The zero-order valence-corrected chi connectivity index (χ0v) is 16.4. The van der Waals surface area contributed by atoms with Crippen molar-refractivity contribution in [1.29, 1.82) is 0 Å². The van der Waals surface area contributed by atoms with Crippen molar-refractivity contribution in [2.45, 2.75) is 0 Å². The van der Waals surface area contributed by atoms with Crippen LogP contribution in [0.2, 0.25) is 0 Å². The summed E-state index contributed by atoms with van der Waals surface area (Å²) in [5.41, 5.74) is 2.95. The third-order valence-electron chi connectivity index (χ3n) is 4.89. The van der Waals surface area contributed by atoms with Crippen LogP contribution in [0, 0.1) is 36.3 Å². The lowest BCUT2D eigenvalue weighted by Crippen LogP contribution is -2.74. The zero-order valence-electron chi connectivity index (χ0n) is 16.4. The van der Waals surface area contributed by atoms with Crippen LogP contribution in [0.15, 0.2) is 91.0 Å². The van der Waals surface area contributed by atoms with E-state index in [0.717, 1.165) is 17.1 Å². The van der Waals surface area contributed by atoms with Gasteiger partial charge in [-0.15, -0.1) is 18.7 Å². The summed E-state index contributed by atoms with van der Waals surface area (Å²) in [6, 6.07) is 30.2. The topological polar surface area (TPSA) is 9.72 Å². The molecular formula is C24H17B3N3. The second-order valence-electron chi connectivity index (χ2n) is 6.67. The predicted molar refractivity (Wildman–Crippen MR) is 129 cm³/mol. The molecule has 1 saturated heterocycles. The van der Waals surface area contributed by atoms with Crippen molar-refractivity contribution in [3.8, 4) is 36.3 Å².